The van der Waals surface area contributed by atoms with Crippen molar-refractivity contribution in [3.05, 3.63) is 23.2 Å². The maximum atomic E-state index is 12.6. The second-order valence-electron chi connectivity index (χ2n) is 3.23. The van der Waals surface area contributed by atoms with Crippen LogP contribution in [0.1, 0.15) is 6.92 Å². The van der Waals surface area contributed by atoms with E-state index in [1.165, 1.54) is 4.90 Å². The number of alkyl halides is 3. The van der Waals surface area contributed by atoms with E-state index in [1.807, 2.05) is 0 Å². The largest absolute Gasteiger partial charge is 0.431 e. The van der Waals surface area contributed by atoms with Gasteiger partial charge in [-0.2, -0.15) is 13.2 Å². The lowest BCUT2D eigenvalue weighted by Crippen LogP contribution is -2.39. The van der Waals surface area contributed by atoms with Crippen molar-refractivity contribution in [1.29, 1.82) is 0 Å². The van der Waals surface area contributed by atoms with E-state index in [1.54, 1.807) is 14.0 Å². The van der Waals surface area contributed by atoms with Crippen LogP contribution in [0.15, 0.2) is 23.2 Å². The fraction of sp³-hybridized carbons (Fsp3) is 0.556. The second-order valence-corrected chi connectivity index (χ2v) is 3.23. The molecule has 0 fully saturated rings. The highest BCUT2D eigenvalue weighted by molar-refractivity contribution is 5.32. The molecule has 1 aliphatic heterocycles. The first-order valence-corrected chi connectivity index (χ1v) is 4.60. The minimum absolute atomic E-state index is 0.148. The number of rotatable bonds is 2. The average Bonchev–Trinajstić information content (AvgIpc) is 2.16. The fourth-order valence-electron chi connectivity index (χ4n) is 1.46. The minimum atomic E-state index is -4.35. The number of nitrogens with one attached hydrogen (secondary N) is 1. The van der Waals surface area contributed by atoms with Crippen molar-refractivity contribution < 1.29 is 13.2 Å². The molecule has 86 valence electrons. The Balaban J connectivity index is 3.07. The quantitative estimate of drug-likeness (QED) is 0.735. The topological polar surface area (TPSA) is 41.3 Å². The molecule has 0 spiro atoms. The first-order valence-electron chi connectivity index (χ1n) is 4.60. The number of hydrogen-bond donors (Lipinski definition) is 2. The Morgan fingerprint density at radius 1 is 1.53 bits per heavy atom. The smallest absolute Gasteiger partial charge is 0.397 e. The summed E-state index contributed by atoms with van der Waals surface area (Å²) >= 11 is 0. The number of hydrogen-bond acceptors (Lipinski definition) is 3. The molecule has 0 amide bonds. The summed E-state index contributed by atoms with van der Waals surface area (Å²) in [7, 11) is 1.64. The number of allylic oxidation sites excluding steroid dienone is 2. The van der Waals surface area contributed by atoms with E-state index in [0.29, 0.717) is 12.2 Å². The van der Waals surface area contributed by atoms with Gasteiger partial charge in [0.15, 0.2) is 0 Å². The van der Waals surface area contributed by atoms with Gasteiger partial charge >= 0.3 is 6.18 Å². The summed E-state index contributed by atoms with van der Waals surface area (Å²) in [5.74, 6) is 0. The van der Waals surface area contributed by atoms with Gasteiger partial charge in [-0.3, -0.25) is 0 Å². The van der Waals surface area contributed by atoms with Crippen molar-refractivity contribution in [2.75, 3.05) is 20.1 Å². The molecule has 0 aliphatic carbocycles. The lowest BCUT2D eigenvalue weighted by atomic mass is 10.1. The Morgan fingerprint density at radius 2 is 2.13 bits per heavy atom. The van der Waals surface area contributed by atoms with Gasteiger partial charge in [0.2, 0.25) is 0 Å². The first kappa shape index (κ1) is 11.7. The van der Waals surface area contributed by atoms with Crippen LogP contribution >= 0.6 is 0 Å². The van der Waals surface area contributed by atoms with Crippen LogP contribution in [-0.4, -0.2) is 31.2 Å². The van der Waals surface area contributed by atoms with Crippen LogP contribution in [0, 0.1) is 0 Å². The Labute approximate surface area is 86.4 Å². The normalized spacial score (nSPS) is 17.9. The van der Waals surface area contributed by atoms with Gasteiger partial charge in [0.1, 0.15) is 5.70 Å². The zero-order valence-electron chi connectivity index (χ0n) is 8.65. The van der Waals surface area contributed by atoms with Gasteiger partial charge in [0.05, 0.1) is 17.9 Å². The molecule has 15 heavy (non-hydrogen) atoms. The highest BCUT2D eigenvalue weighted by Gasteiger charge is 2.39. The summed E-state index contributed by atoms with van der Waals surface area (Å²) in [6.45, 7) is 2.14. The molecular formula is C9H14F3N3. The van der Waals surface area contributed by atoms with E-state index < -0.39 is 11.9 Å². The lowest BCUT2D eigenvalue weighted by Gasteiger charge is -2.32. The van der Waals surface area contributed by atoms with Gasteiger partial charge in [0, 0.05) is 13.6 Å². The predicted molar refractivity (Wildman–Crippen MR) is 51.7 cm³/mol. The Kier molecular flexibility index (Phi) is 3.16. The highest BCUT2D eigenvalue weighted by Crippen LogP contribution is 2.31. The first-order chi connectivity index (χ1) is 6.90. The van der Waals surface area contributed by atoms with Gasteiger partial charge in [0.25, 0.3) is 0 Å². The molecule has 0 saturated carbocycles. The van der Waals surface area contributed by atoms with Crippen LogP contribution in [0.4, 0.5) is 13.2 Å². The summed E-state index contributed by atoms with van der Waals surface area (Å²) in [5.41, 5.74) is 5.59. The van der Waals surface area contributed by atoms with E-state index in [-0.39, 0.29) is 12.2 Å². The van der Waals surface area contributed by atoms with Gasteiger partial charge in [-0.25, -0.2) is 0 Å². The monoisotopic (exact) mass is 221 g/mol. The van der Waals surface area contributed by atoms with Crippen molar-refractivity contribution in [3.8, 4) is 0 Å². The number of nitrogens with zero attached hydrogens (tertiary/aromatic N) is 1. The van der Waals surface area contributed by atoms with E-state index in [2.05, 4.69) is 5.32 Å². The van der Waals surface area contributed by atoms with Crippen LogP contribution < -0.4 is 11.1 Å². The molecule has 0 saturated heterocycles. The molecule has 6 heteroatoms. The molecule has 1 aliphatic rings. The molecule has 0 bridgehead atoms. The van der Waals surface area contributed by atoms with Crippen molar-refractivity contribution in [2.45, 2.75) is 13.1 Å². The molecule has 3 nitrogen and oxygen atoms in total. The number of nitrogens with two attached hydrogens (primary N) is 1. The van der Waals surface area contributed by atoms with E-state index in [4.69, 9.17) is 5.73 Å². The van der Waals surface area contributed by atoms with Crippen molar-refractivity contribution >= 4 is 0 Å². The molecular weight excluding hydrogens is 207 g/mol. The molecule has 0 radical (unpaired) electrons. The van der Waals surface area contributed by atoms with E-state index in [0.717, 1.165) is 6.08 Å². The molecule has 0 aromatic heterocycles. The third-order valence-corrected chi connectivity index (χ3v) is 2.30. The summed E-state index contributed by atoms with van der Waals surface area (Å²) in [6.07, 6.45) is -3.38. The van der Waals surface area contributed by atoms with Crippen LogP contribution in [-0.2, 0) is 0 Å². The van der Waals surface area contributed by atoms with Crippen LogP contribution in [0.3, 0.4) is 0 Å². The molecule has 0 atom stereocenters. The maximum absolute atomic E-state index is 12.6. The van der Waals surface area contributed by atoms with Gasteiger partial charge in [-0.15, -0.1) is 0 Å². The van der Waals surface area contributed by atoms with Gasteiger partial charge < -0.3 is 16.0 Å². The fourth-order valence-corrected chi connectivity index (χ4v) is 1.46. The Hall–Kier alpha value is -1.33. The summed E-state index contributed by atoms with van der Waals surface area (Å²) in [4.78, 5) is 1.24. The lowest BCUT2D eigenvalue weighted by molar-refractivity contribution is -0.111. The summed E-state index contributed by atoms with van der Waals surface area (Å²) < 4.78 is 37.7. The molecule has 0 unspecified atom stereocenters. The van der Waals surface area contributed by atoms with E-state index >= 15 is 0 Å². The Morgan fingerprint density at radius 3 is 2.53 bits per heavy atom. The molecule has 1 rings (SSSR count). The molecule has 1 heterocycles. The van der Waals surface area contributed by atoms with Crippen LogP contribution in [0.2, 0.25) is 0 Å². The second kappa shape index (κ2) is 4.04. The molecule has 3 N–H and O–H groups in total. The SMILES string of the molecule is CCN1CC(NC)=C(N)C=C1C(F)(F)F. The maximum Gasteiger partial charge on any atom is 0.431 e. The number of likely N-dealkylation sites (N-methyl/N-ethyl adjacent to an activating group) is 2. The predicted octanol–water partition coefficient (Wildman–Crippen LogP) is 1.16. The highest BCUT2D eigenvalue weighted by atomic mass is 19.4. The van der Waals surface area contributed by atoms with Crippen LogP contribution in [0.5, 0.6) is 0 Å². The third-order valence-electron chi connectivity index (χ3n) is 2.30. The zero-order chi connectivity index (χ0) is 11.6. The molecule has 0 aromatic rings. The zero-order valence-corrected chi connectivity index (χ0v) is 8.65. The summed E-state index contributed by atoms with van der Waals surface area (Å²) in [5, 5.41) is 2.79. The van der Waals surface area contributed by atoms with Gasteiger partial charge in [-0.1, -0.05) is 0 Å². The van der Waals surface area contributed by atoms with E-state index in [9.17, 15) is 13.2 Å². The van der Waals surface area contributed by atoms with Crippen molar-refractivity contribution in [3.63, 3.8) is 0 Å². The minimum Gasteiger partial charge on any atom is -0.397 e. The number of halogens is 3. The van der Waals surface area contributed by atoms with Crippen molar-refractivity contribution in [1.82, 2.24) is 10.2 Å². The average molecular weight is 221 g/mol. The van der Waals surface area contributed by atoms with Gasteiger partial charge in [-0.05, 0) is 13.0 Å². The molecule has 0 aromatic carbocycles. The van der Waals surface area contributed by atoms with Crippen molar-refractivity contribution in [2.24, 2.45) is 5.73 Å². The van der Waals surface area contributed by atoms with Crippen LogP contribution in [0.25, 0.3) is 0 Å². The standard InChI is InChI=1S/C9H14F3N3/c1-3-15-5-7(14-2)6(13)4-8(15)9(10,11)12/h4,14H,3,5,13H2,1-2H3. The Bertz CT molecular complexity index is 304. The summed E-state index contributed by atoms with van der Waals surface area (Å²) in [6, 6.07) is 0. The third kappa shape index (κ3) is 2.37.